The van der Waals surface area contributed by atoms with Crippen LogP contribution in [0.1, 0.15) is 19.3 Å². The molecule has 1 heterocycles. The lowest BCUT2D eigenvalue weighted by Gasteiger charge is -2.10. The van der Waals surface area contributed by atoms with Crippen molar-refractivity contribution in [1.29, 1.82) is 0 Å². The Morgan fingerprint density at radius 3 is 2.93 bits per heavy atom. The van der Waals surface area contributed by atoms with Gasteiger partial charge in [-0.05, 0) is 12.6 Å². The van der Waals surface area contributed by atoms with E-state index in [-0.39, 0.29) is 11.8 Å². The first-order chi connectivity index (χ1) is 7.15. The number of carbonyl (C=O) groups excluding carboxylic acids is 2. The van der Waals surface area contributed by atoms with E-state index in [1.54, 1.807) is 24.2 Å². The van der Waals surface area contributed by atoms with Crippen molar-refractivity contribution in [1.82, 2.24) is 9.80 Å². The van der Waals surface area contributed by atoms with Crippen molar-refractivity contribution in [3.05, 3.63) is 25.1 Å². The summed E-state index contributed by atoms with van der Waals surface area (Å²) in [5.74, 6) is 0.101. The standard InChI is InChI=1S/C11H16N2O2/c1-3-12(2)10(14)6-4-8-13-9-5-7-11(13)15/h3-4,8H,1,5-7,9H2,2H3. The zero-order chi connectivity index (χ0) is 11.3. The van der Waals surface area contributed by atoms with Crippen molar-refractivity contribution in [2.75, 3.05) is 13.6 Å². The van der Waals surface area contributed by atoms with E-state index in [0.717, 1.165) is 13.0 Å². The monoisotopic (exact) mass is 208 g/mol. The molecule has 1 aliphatic rings. The Labute approximate surface area is 89.8 Å². The lowest BCUT2D eigenvalue weighted by molar-refractivity contribution is -0.127. The van der Waals surface area contributed by atoms with Crippen LogP contribution in [0.3, 0.4) is 0 Å². The van der Waals surface area contributed by atoms with Crippen molar-refractivity contribution in [2.45, 2.75) is 19.3 Å². The van der Waals surface area contributed by atoms with Crippen LogP contribution in [0, 0.1) is 0 Å². The first kappa shape index (κ1) is 11.5. The maximum atomic E-state index is 11.3. The SMILES string of the molecule is C=CN(C)C(=O)CC=CN1CCCC1=O. The molecule has 0 saturated carbocycles. The molecule has 2 amide bonds. The Kier molecular flexibility index (Phi) is 4.09. The fraction of sp³-hybridized carbons (Fsp3) is 0.455. The maximum Gasteiger partial charge on any atom is 0.230 e. The maximum absolute atomic E-state index is 11.3. The van der Waals surface area contributed by atoms with Crippen LogP contribution in [0.4, 0.5) is 0 Å². The van der Waals surface area contributed by atoms with Gasteiger partial charge in [-0.3, -0.25) is 9.59 Å². The second-order valence-electron chi connectivity index (χ2n) is 3.47. The molecule has 0 unspecified atom stereocenters. The highest BCUT2D eigenvalue weighted by atomic mass is 16.2. The van der Waals surface area contributed by atoms with Crippen LogP contribution in [0.5, 0.6) is 0 Å². The highest BCUT2D eigenvalue weighted by Crippen LogP contribution is 2.09. The highest BCUT2D eigenvalue weighted by molar-refractivity contribution is 5.80. The smallest absolute Gasteiger partial charge is 0.230 e. The van der Waals surface area contributed by atoms with Gasteiger partial charge in [-0.1, -0.05) is 12.7 Å². The summed E-state index contributed by atoms with van der Waals surface area (Å²) in [6, 6.07) is 0. The summed E-state index contributed by atoms with van der Waals surface area (Å²) < 4.78 is 0. The predicted molar refractivity (Wildman–Crippen MR) is 57.7 cm³/mol. The zero-order valence-corrected chi connectivity index (χ0v) is 8.98. The second-order valence-corrected chi connectivity index (χ2v) is 3.47. The molecule has 1 rings (SSSR count). The molecule has 1 aliphatic heterocycles. The van der Waals surface area contributed by atoms with E-state index in [2.05, 4.69) is 6.58 Å². The molecule has 0 radical (unpaired) electrons. The highest BCUT2D eigenvalue weighted by Gasteiger charge is 2.17. The number of nitrogens with zero attached hydrogens (tertiary/aromatic N) is 2. The van der Waals surface area contributed by atoms with Crippen LogP contribution in [0.15, 0.2) is 25.1 Å². The van der Waals surface area contributed by atoms with Crippen LogP contribution >= 0.6 is 0 Å². The third-order valence-corrected chi connectivity index (χ3v) is 2.36. The molecule has 1 saturated heterocycles. The van der Waals surface area contributed by atoms with Gasteiger partial charge in [-0.15, -0.1) is 0 Å². The van der Waals surface area contributed by atoms with Crippen molar-refractivity contribution in [2.24, 2.45) is 0 Å². The zero-order valence-electron chi connectivity index (χ0n) is 8.98. The van der Waals surface area contributed by atoms with E-state index >= 15 is 0 Å². The fourth-order valence-electron chi connectivity index (χ4n) is 1.35. The number of hydrogen-bond donors (Lipinski definition) is 0. The molecule has 82 valence electrons. The molecule has 0 aliphatic carbocycles. The molecule has 1 fully saturated rings. The van der Waals surface area contributed by atoms with E-state index in [0.29, 0.717) is 12.8 Å². The summed E-state index contributed by atoms with van der Waals surface area (Å²) in [7, 11) is 1.66. The van der Waals surface area contributed by atoms with Crippen LogP contribution in [-0.4, -0.2) is 35.2 Å². The van der Waals surface area contributed by atoms with E-state index in [4.69, 9.17) is 0 Å². The van der Waals surface area contributed by atoms with Gasteiger partial charge in [-0.25, -0.2) is 0 Å². The first-order valence-corrected chi connectivity index (χ1v) is 4.99. The molecule has 15 heavy (non-hydrogen) atoms. The summed E-state index contributed by atoms with van der Waals surface area (Å²) in [4.78, 5) is 25.6. The molecular formula is C11H16N2O2. The molecule has 0 aromatic heterocycles. The number of hydrogen-bond acceptors (Lipinski definition) is 2. The predicted octanol–water partition coefficient (Wildman–Crippen LogP) is 1.11. The number of carbonyl (C=O) groups is 2. The summed E-state index contributed by atoms with van der Waals surface area (Å²) in [6.45, 7) is 4.26. The molecule has 0 bridgehead atoms. The number of amides is 2. The van der Waals surface area contributed by atoms with Gasteiger partial charge in [0.25, 0.3) is 0 Å². The van der Waals surface area contributed by atoms with Crippen molar-refractivity contribution >= 4 is 11.8 Å². The summed E-state index contributed by atoms with van der Waals surface area (Å²) in [5, 5.41) is 0. The molecule has 0 atom stereocenters. The topological polar surface area (TPSA) is 40.6 Å². The van der Waals surface area contributed by atoms with Gasteiger partial charge in [0.15, 0.2) is 0 Å². The van der Waals surface area contributed by atoms with Crippen LogP contribution in [-0.2, 0) is 9.59 Å². The van der Waals surface area contributed by atoms with Crippen LogP contribution < -0.4 is 0 Å². The van der Waals surface area contributed by atoms with Crippen molar-refractivity contribution < 1.29 is 9.59 Å². The van der Waals surface area contributed by atoms with Crippen molar-refractivity contribution in [3.8, 4) is 0 Å². The Morgan fingerprint density at radius 2 is 2.40 bits per heavy atom. The third kappa shape index (κ3) is 3.23. The minimum absolute atomic E-state index is 0.0344. The van der Waals surface area contributed by atoms with E-state index in [9.17, 15) is 9.59 Å². The second kappa shape index (κ2) is 5.34. The van der Waals surface area contributed by atoms with Gasteiger partial charge in [0.2, 0.25) is 11.8 Å². The molecular weight excluding hydrogens is 192 g/mol. The van der Waals surface area contributed by atoms with E-state index < -0.39 is 0 Å². The average molecular weight is 208 g/mol. The molecule has 0 aromatic carbocycles. The summed E-state index contributed by atoms with van der Waals surface area (Å²) in [5.41, 5.74) is 0. The van der Waals surface area contributed by atoms with Gasteiger partial charge in [0.1, 0.15) is 0 Å². The lowest BCUT2D eigenvalue weighted by Crippen LogP contribution is -2.20. The van der Waals surface area contributed by atoms with Gasteiger partial charge in [0.05, 0.1) is 0 Å². The molecule has 0 aromatic rings. The molecule has 0 spiro atoms. The van der Waals surface area contributed by atoms with Crippen LogP contribution in [0.2, 0.25) is 0 Å². The van der Waals surface area contributed by atoms with Gasteiger partial charge >= 0.3 is 0 Å². The fourth-order valence-corrected chi connectivity index (χ4v) is 1.35. The summed E-state index contributed by atoms with van der Waals surface area (Å²) in [6.07, 6.45) is 6.70. The third-order valence-electron chi connectivity index (χ3n) is 2.36. The minimum Gasteiger partial charge on any atom is -0.322 e. The van der Waals surface area contributed by atoms with Crippen molar-refractivity contribution in [3.63, 3.8) is 0 Å². The van der Waals surface area contributed by atoms with Gasteiger partial charge in [0, 0.05) is 32.6 Å². The minimum atomic E-state index is -0.0344. The summed E-state index contributed by atoms with van der Waals surface area (Å²) >= 11 is 0. The quantitative estimate of drug-likeness (QED) is 0.694. The van der Waals surface area contributed by atoms with Crippen LogP contribution in [0.25, 0.3) is 0 Å². The van der Waals surface area contributed by atoms with Gasteiger partial charge < -0.3 is 9.80 Å². The molecule has 0 N–H and O–H groups in total. The first-order valence-electron chi connectivity index (χ1n) is 4.99. The Bertz CT molecular complexity index is 297. The number of likely N-dealkylation sites (tertiary alicyclic amines) is 1. The Balaban J connectivity index is 2.36. The Hall–Kier alpha value is -1.58. The molecule has 4 heteroatoms. The van der Waals surface area contributed by atoms with E-state index in [1.165, 1.54) is 11.1 Å². The lowest BCUT2D eigenvalue weighted by atomic mass is 10.3. The number of rotatable bonds is 4. The largest absolute Gasteiger partial charge is 0.322 e. The molecule has 4 nitrogen and oxygen atoms in total. The average Bonchev–Trinajstić information content (AvgIpc) is 2.63. The van der Waals surface area contributed by atoms with Gasteiger partial charge in [-0.2, -0.15) is 0 Å². The normalized spacial score (nSPS) is 16.1. The Morgan fingerprint density at radius 1 is 1.67 bits per heavy atom. The van der Waals surface area contributed by atoms with E-state index in [1.807, 2.05) is 0 Å².